The van der Waals surface area contributed by atoms with E-state index in [2.05, 4.69) is 46.8 Å². The van der Waals surface area contributed by atoms with Crippen molar-refractivity contribution in [1.82, 2.24) is 15.1 Å². The number of likely N-dealkylation sites (N-methyl/N-ethyl adjacent to an activating group) is 1. The summed E-state index contributed by atoms with van der Waals surface area (Å²) in [6, 6.07) is 12.8. The van der Waals surface area contributed by atoms with Gasteiger partial charge in [-0.2, -0.15) is 5.10 Å². The van der Waals surface area contributed by atoms with E-state index in [1.54, 1.807) is 0 Å². The maximum absolute atomic E-state index is 4.21. The van der Waals surface area contributed by atoms with Gasteiger partial charge in [0.1, 0.15) is 0 Å². The van der Waals surface area contributed by atoms with E-state index in [0.717, 1.165) is 19.4 Å². The molecule has 0 amide bonds. The smallest absolute Gasteiger partial charge is 0.0492 e. The molecule has 0 aliphatic carbocycles. The largest absolute Gasteiger partial charge is 0.319 e. The second-order valence-electron chi connectivity index (χ2n) is 4.65. The Morgan fingerprint density at radius 3 is 2.61 bits per heavy atom. The molecule has 1 aromatic carbocycles. The van der Waals surface area contributed by atoms with Crippen molar-refractivity contribution in [3.05, 3.63) is 53.9 Å². The molecule has 1 atom stereocenters. The Kier molecular flexibility index (Phi) is 4.53. The molecule has 0 radical (unpaired) electrons. The topological polar surface area (TPSA) is 29.9 Å². The third-order valence-electron chi connectivity index (χ3n) is 3.39. The predicted molar refractivity (Wildman–Crippen MR) is 74.6 cm³/mol. The molecule has 2 rings (SSSR count). The standard InChI is InChI=1S/C15H21N3/c1-16-12-14(13-6-4-3-5-7-13)8-9-15-10-11-17-18(15)2/h3-7,10-11,14,16H,8-9,12H2,1-2H3. The van der Waals surface area contributed by atoms with Crippen molar-refractivity contribution in [2.24, 2.45) is 7.05 Å². The third-order valence-corrected chi connectivity index (χ3v) is 3.39. The maximum Gasteiger partial charge on any atom is 0.0492 e. The quantitative estimate of drug-likeness (QED) is 0.844. The van der Waals surface area contributed by atoms with E-state index in [0.29, 0.717) is 5.92 Å². The van der Waals surface area contributed by atoms with Crippen LogP contribution in [0.3, 0.4) is 0 Å². The molecule has 3 heteroatoms. The summed E-state index contributed by atoms with van der Waals surface area (Å²) in [6.45, 7) is 1.02. The molecule has 96 valence electrons. The molecule has 0 aliphatic heterocycles. The summed E-state index contributed by atoms with van der Waals surface area (Å²) in [7, 11) is 4.02. The SMILES string of the molecule is CNCC(CCc1ccnn1C)c1ccccc1. The Hall–Kier alpha value is -1.61. The number of benzene rings is 1. The highest BCUT2D eigenvalue weighted by molar-refractivity contribution is 5.20. The van der Waals surface area contributed by atoms with Crippen LogP contribution < -0.4 is 5.32 Å². The first-order valence-corrected chi connectivity index (χ1v) is 6.47. The zero-order valence-corrected chi connectivity index (χ0v) is 11.1. The molecule has 0 bridgehead atoms. The van der Waals surface area contributed by atoms with Crippen LogP contribution in [0.1, 0.15) is 23.6 Å². The summed E-state index contributed by atoms with van der Waals surface area (Å²) in [5.41, 5.74) is 2.71. The highest BCUT2D eigenvalue weighted by Crippen LogP contribution is 2.20. The lowest BCUT2D eigenvalue weighted by Gasteiger charge is -2.17. The molecule has 0 spiro atoms. The monoisotopic (exact) mass is 243 g/mol. The van der Waals surface area contributed by atoms with Gasteiger partial charge in [-0.1, -0.05) is 30.3 Å². The predicted octanol–water partition coefficient (Wildman–Crippen LogP) is 2.36. The van der Waals surface area contributed by atoms with E-state index in [9.17, 15) is 0 Å². The maximum atomic E-state index is 4.21. The fourth-order valence-corrected chi connectivity index (χ4v) is 2.33. The van der Waals surface area contributed by atoms with E-state index >= 15 is 0 Å². The molecule has 0 saturated heterocycles. The van der Waals surface area contributed by atoms with Gasteiger partial charge in [-0.3, -0.25) is 4.68 Å². The highest BCUT2D eigenvalue weighted by atomic mass is 15.2. The van der Waals surface area contributed by atoms with Gasteiger partial charge in [-0.05, 0) is 37.4 Å². The third kappa shape index (κ3) is 3.20. The fraction of sp³-hybridized carbons (Fsp3) is 0.400. The Bertz CT molecular complexity index is 462. The molecule has 1 N–H and O–H groups in total. The summed E-state index contributed by atoms with van der Waals surface area (Å²) in [5.74, 6) is 0.561. The molecule has 0 saturated carbocycles. The van der Waals surface area contributed by atoms with Gasteiger partial charge in [-0.25, -0.2) is 0 Å². The molecular weight excluding hydrogens is 222 g/mol. The zero-order chi connectivity index (χ0) is 12.8. The summed E-state index contributed by atoms with van der Waals surface area (Å²) in [4.78, 5) is 0. The molecule has 1 heterocycles. The van der Waals surface area contributed by atoms with Gasteiger partial charge in [0.25, 0.3) is 0 Å². The van der Waals surface area contributed by atoms with Gasteiger partial charge in [0, 0.05) is 25.5 Å². The van der Waals surface area contributed by atoms with Gasteiger partial charge in [0.05, 0.1) is 0 Å². The van der Waals surface area contributed by atoms with Gasteiger partial charge < -0.3 is 5.32 Å². The number of hydrogen-bond donors (Lipinski definition) is 1. The lowest BCUT2D eigenvalue weighted by molar-refractivity contribution is 0.567. The summed E-state index contributed by atoms with van der Waals surface area (Å²) in [5, 5.41) is 7.50. The first kappa shape index (κ1) is 12.8. The van der Waals surface area contributed by atoms with Crippen molar-refractivity contribution >= 4 is 0 Å². The number of aromatic nitrogens is 2. The molecule has 0 fully saturated rings. The number of hydrogen-bond acceptors (Lipinski definition) is 2. The van der Waals surface area contributed by atoms with E-state index < -0.39 is 0 Å². The van der Waals surface area contributed by atoms with Crippen LogP contribution in [0, 0.1) is 0 Å². The van der Waals surface area contributed by atoms with Gasteiger partial charge >= 0.3 is 0 Å². The summed E-state index contributed by atoms with van der Waals surface area (Å²) < 4.78 is 1.96. The first-order chi connectivity index (χ1) is 8.81. The van der Waals surface area contributed by atoms with Crippen LogP contribution in [0.5, 0.6) is 0 Å². The van der Waals surface area contributed by atoms with Crippen LogP contribution in [0.15, 0.2) is 42.6 Å². The average Bonchev–Trinajstić information content (AvgIpc) is 2.81. The Morgan fingerprint density at radius 1 is 1.22 bits per heavy atom. The van der Waals surface area contributed by atoms with Gasteiger partial charge in [0.2, 0.25) is 0 Å². The van der Waals surface area contributed by atoms with Crippen LogP contribution in [0.2, 0.25) is 0 Å². The second kappa shape index (κ2) is 6.36. The van der Waals surface area contributed by atoms with Gasteiger partial charge in [-0.15, -0.1) is 0 Å². The van der Waals surface area contributed by atoms with Crippen LogP contribution in [0.4, 0.5) is 0 Å². The summed E-state index contributed by atoms with van der Waals surface area (Å²) >= 11 is 0. The van der Waals surface area contributed by atoms with Crippen molar-refractivity contribution in [1.29, 1.82) is 0 Å². The summed E-state index contributed by atoms with van der Waals surface area (Å²) in [6.07, 6.45) is 4.08. The number of nitrogens with zero attached hydrogens (tertiary/aromatic N) is 2. The Labute approximate surface area is 109 Å². The van der Waals surface area contributed by atoms with Crippen molar-refractivity contribution < 1.29 is 0 Å². The van der Waals surface area contributed by atoms with E-state index in [1.807, 2.05) is 25.0 Å². The number of aryl methyl sites for hydroxylation is 2. The minimum absolute atomic E-state index is 0.561. The number of rotatable bonds is 6. The van der Waals surface area contributed by atoms with Gasteiger partial charge in [0.15, 0.2) is 0 Å². The average molecular weight is 243 g/mol. The minimum atomic E-state index is 0.561. The lowest BCUT2D eigenvalue weighted by Crippen LogP contribution is -2.18. The minimum Gasteiger partial charge on any atom is -0.319 e. The highest BCUT2D eigenvalue weighted by Gasteiger charge is 2.11. The fourth-order valence-electron chi connectivity index (χ4n) is 2.33. The Morgan fingerprint density at radius 2 is 2.00 bits per heavy atom. The zero-order valence-electron chi connectivity index (χ0n) is 11.1. The van der Waals surface area contributed by atoms with Crippen LogP contribution >= 0.6 is 0 Å². The second-order valence-corrected chi connectivity index (χ2v) is 4.65. The lowest BCUT2D eigenvalue weighted by atomic mass is 9.93. The normalized spacial score (nSPS) is 12.6. The number of nitrogens with one attached hydrogen (secondary N) is 1. The molecule has 2 aromatic rings. The van der Waals surface area contributed by atoms with Crippen LogP contribution in [0.25, 0.3) is 0 Å². The molecule has 1 aromatic heterocycles. The van der Waals surface area contributed by atoms with E-state index in [1.165, 1.54) is 11.3 Å². The van der Waals surface area contributed by atoms with Crippen LogP contribution in [-0.2, 0) is 13.5 Å². The van der Waals surface area contributed by atoms with Crippen molar-refractivity contribution in [3.63, 3.8) is 0 Å². The van der Waals surface area contributed by atoms with Crippen molar-refractivity contribution in [2.45, 2.75) is 18.8 Å². The molecule has 0 aliphatic rings. The van der Waals surface area contributed by atoms with Crippen LogP contribution in [-0.4, -0.2) is 23.4 Å². The molecule has 3 nitrogen and oxygen atoms in total. The first-order valence-electron chi connectivity index (χ1n) is 6.47. The van der Waals surface area contributed by atoms with E-state index in [4.69, 9.17) is 0 Å². The Balaban J connectivity index is 2.01. The van der Waals surface area contributed by atoms with Crippen molar-refractivity contribution in [2.75, 3.05) is 13.6 Å². The van der Waals surface area contributed by atoms with E-state index in [-0.39, 0.29) is 0 Å². The van der Waals surface area contributed by atoms with Crippen molar-refractivity contribution in [3.8, 4) is 0 Å². The molecule has 1 unspecified atom stereocenters. The molecule has 18 heavy (non-hydrogen) atoms. The molecular formula is C15H21N3.